The second-order valence-corrected chi connectivity index (χ2v) is 2.90. The van der Waals surface area contributed by atoms with E-state index in [-0.39, 0.29) is 11.4 Å². The Kier molecular flexibility index (Phi) is 5.92. The second-order valence-electron chi connectivity index (χ2n) is 2.90. The maximum Gasteiger partial charge on any atom is 0.349 e. The average Bonchev–Trinajstić information content (AvgIpc) is 2.16. The lowest BCUT2D eigenvalue weighted by Gasteiger charge is -1.95. The van der Waals surface area contributed by atoms with Crippen molar-refractivity contribution in [2.24, 2.45) is 9.98 Å². The number of nitrogens with zero attached hydrogens (tertiary/aromatic N) is 2. The summed E-state index contributed by atoms with van der Waals surface area (Å²) in [6.07, 6.45) is 0.537. The van der Waals surface area contributed by atoms with Gasteiger partial charge in [-0.1, -0.05) is 0 Å². The molecule has 84 valence electrons. The van der Waals surface area contributed by atoms with E-state index in [4.69, 9.17) is 10.2 Å². The highest BCUT2D eigenvalue weighted by Gasteiger charge is 2.01. The first-order valence-corrected chi connectivity index (χ1v) is 4.44. The lowest BCUT2D eigenvalue weighted by molar-refractivity contribution is -0.130. The molecule has 0 amide bonds. The van der Waals surface area contributed by atoms with Crippen LogP contribution in [0.15, 0.2) is 9.98 Å². The normalized spacial score (nSPS) is 12.7. The van der Waals surface area contributed by atoms with Crippen LogP contribution in [-0.4, -0.2) is 46.7 Å². The summed E-state index contributed by atoms with van der Waals surface area (Å²) < 4.78 is 0. The van der Waals surface area contributed by atoms with Gasteiger partial charge < -0.3 is 10.2 Å². The molecule has 0 aliphatic carbocycles. The predicted molar refractivity (Wildman–Crippen MR) is 55.8 cm³/mol. The second kappa shape index (κ2) is 6.69. The number of carboxylic acids is 2. The van der Waals surface area contributed by atoms with Crippen molar-refractivity contribution >= 4 is 23.4 Å². The van der Waals surface area contributed by atoms with E-state index in [1.54, 1.807) is 0 Å². The topological polar surface area (TPSA) is 99.3 Å². The van der Waals surface area contributed by atoms with E-state index < -0.39 is 11.9 Å². The number of carbonyl (C=O) groups is 2. The lowest BCUT2D eigenvalue weighted by atomic mass is 10.4. The van der Waals surface area contributed by atoms with Gasteiger partial charge in [-0.15, -0.1) is 0 Å². The average molecular weight is 214 g/mol. The molecule has 0 aromatic heterocycles. The maximum atomic E-state index is 10.3. The molecule has 0 bridgehead atoms. The predicted octanol–water partition coefficient (Wildman–Crippen LogP) is 0.468. The van der Waals surface area contributed by atoms with E-state index in [2.05, 4.69) is 9.98 Å². The zero-order valence-electron chi connectivity index (χ0n) is 8.73. The van der Waals surface area contributed by atoms with Gasteiger partial charge in [-0.05, 0) is 20.3 Å². The first-order chi connectivity index (χ1) is 6.95. The molecule has 0 aliphatic heterocycles. The van der Waals surface area contributed by atoms with Crippen molar-refractivity contribution in [1.82, 2.24) is 0 Å². The number of hydrogen-bond donors (Lipinski definition) is 2. The van der Waals surface area contributed by atoms with Crippen LogP contribution in [0.2, 0.25) is 0 Å². The molecule has 0 rings (SSSR count). The first-order valence-electron chi connectivity index (χ1n) is 4.44. The SMILES string of the molecule is CC(=NCCCN=C(C)C(=O)O)C(=O)O. The summed E-state index contributed by atoms with van der Waals surface area (Å²) in [5, 5.41) is 16.9. The minimum absolute atomic E-state index is 0.0499. The third-order valence-electron chi connectivity index (χ3n) is 1.63. The molecule has 0 aliphatic rings. The van der Waals surface area contributed by atoms with Gasteiger partial charge in [-0.25, -0.2) is 9.59 Å². The van der Waals surface area contributed by atoms with Gasteiger partial charge >= 0.3 is 11.9 Å². The van der Waals surface area contributed by atoms with Crippen LogP contribution in [0, 0.1) is 0 Å². The summed E-state index contributed by atoms with van der Waals surface area (Å²) in [6.45, 7) is 3.51. The fourth-order valence-corrected chi connectivity index (χ4v) is 0.699. The molecule has 0 atom stereocenters. The van der Waals surface area contributed by atoms with Crippen LogP contribution in [0.4, 0.5) is 0 Å². The molecule has 0 saturated heterocycles. The fourth-order valence-electron chi connectivity index (χ4n) is 0.699. The van der Waals surface area contributed by atoms with E-state index >= 15 is 0 Å². The Morgan fingerprint density at radius 1 is 0.933 bits per heavy atom. The number of carboxylic acid groups (broad SMARTS) is 2. The van der Waals surface area contributed by atoms with E-state index in [1.807, 2.05) is 0 Å². The largest absolute Gasteiger partial charge is 0.477 e. The molecule has 0 aromatic carbocycles. The van der Waals surface area contributed by atoms with Crippen molar-refractivity contribution in [1.29, 1.82) is 0 Å². The monoisotopic (exact) mass is 214 g/mol. The summed E-state index contributed by atoms with van der Waals surface area (Å²) in [6, 6.07) is 0. The molecule has 2 N–H and O–H groups in total. The van der Waals surface area contributed by atoms with Crippen LogP contribution in [0.3, 0.4) is 0 Å². The highest BCUT2D eigenvalue weighted by molar-refractivity contribution is 6.34. The summed E-state index contributed by atoms with van der Waals surface area (Å²) in [4.78, 5) is 28.2. The van der Waals surface area contributed by atoms with Crippen LogP contribution in [-0.2, 0) is 9.59 Å². The molecule has 0 spiro atoms. The molecule has 0 aromatic rings. The zero-order chi connectivity index (χ0) is 11.8. The maximum absolute atomic E-state index is 10.3. The van der Waals surface area contributed by atoms with Gasteiger partial charge in [-0.2, -0.15) is 0 Å². The van der Waals surface area contributed by atoms with Gasteiger partial charge in [0.15, 0.2) is 0 Å². The van der Waals surface area contributed by atoms with Gasteiger partial charge in [0.25, 0.3) is 0 Å². The number of rotatable bonds is 6. The number of aliphatic carboxylic acids is 2. The Labute approximate surface area is 87.4 Å². The molecule has 6 heteroatoms. The number of aliphatic imine (C=N–C) groups is 2. The Morgan fingerprint density at radius 2 is 1.27 bits per heavy atom. The van der Waals surface area contributed by atoms with Crippen LogP contribution < -0.4 is 0 Å². The van der Waals surface area contributed by atoms with E-state index in [0.29, 0.717) is 19.5 Å². The van der Waals surface area contributed by atoms with Crippen molar-refractivity contribution in [2.75, 3.05) is 13.1 Å². The standard InChI is InChI=1S/C9H14N2O4/c1-6(8(12)13)10-4-3-5-11-7(2)9(14)15/h3-5H2,1-2H3,(H,12,13)(H,14,15). The van der Waals surface area contributed by atoms with Crippen molar-refractivity contribution in [3.63, 3.8) is 0 Å². The summed E-state index contributed by atoms with van der Waals surface area (Å²) >= 11 is 0. The molecule has 15 heavy (non-hydrogen) atoms. The highest BCUT2D eigenvalue weighted by Crippen LogP contribution is 1.87. The quantitative estimate of drug-likeness (QED) is 0.495. The van der Waals surface area contributed by atoms with Crippen molar-refractivity contribution in [2.45, 2.75) is 20.3 Å². The van der Waals surface area contributed by atoms with Gasteiger partial charge in [0.1, 0.15) is 11.4 Å². The molecule has 0 fully saturated rings. The van der Waals surface area contributed by atoms with Crippen LogP contribution in [0.1, 0.15) is 20.3 Å². The summed E-state index contributed by atoms with van der Waals surface area (Å²) in [7, 11) is 0. The van der Waals surface area contributed by atoms with Crippen molar-refractivity contribution in [3.8, 4) is 0 Å². The van der Waals surface area contributed by atoms with Crippen molar-refractivity contribution in [3.05, 3.63) is 0 Å². The van der Waals surface area contributed by atoms with Gasteiger partial charge in [0.05, 0.1) is 0 Å². The Morgan fingerprint density at radius 3 is 1.53 bits per heavy atom. The third kappa shape index (κ3) is 6.36. The Balaban J connectivity index is 3.83. The van der Waals surface area contributed by atoms with E-state index in [0.717, 1.165) is 0 Å². The molecule has 0 radical (unpaired) electrons. The minimum atomic E-state index is -1.04. The highest BCUT2D eigenvalue weighted by atomic mass is 16.4. The molecule has 0 unspecified atom stereocenters. The zero-order valence-corrected chi connectivity index (χ0v) is 8.73. The minimum Gasteiger partial charge on any atom is -0.477 e. The fraction of sp³-hybridized carbons (Fsp3) is 0.556. The smallest absolute Gasteiger partial charge is 0.349 e. The third-order valence-corrected chi connectivity index (χ3v) is 1.63. The van der Waals surface area contributed by atoms with E-state index in [1.165, 1.54) is 13.8 Å². The number of hydrogen-bond acceptors (Lipinski definition) is 4. The first kappa shape index (κ1) is 13.3. The molecule has 6 nitrogen and oxygen atoms in total. The van der Waals surface area contributed by atoms with Gasteiger partial charge in [0.2, 0.25) is 0 Å². The van der Waals surface area contributed by atoms with Crippen molar-refractivity contribution < 1.29 is 19.8 Å². The summed E-state index contributed by atoms with van der Waals surface area (Å²) in [5.41, 5.74) is 0.0999. The van der Waals surface area contributed by atoms with Gasteiger partial charge in [0, 0.05) is 13.1 Å². The molecule has 0 heterocycles. The molecular weight excluding hydrogens is 200 g/mol. The van der Waals surface area contributed by atoms with Gasteiger partial charge in [-0.3, -0.25) is 9.98 Å². The lowest BCUT2D eigenvalue weighted by Crippen LogP contribution is -2.10. The Hall–Kier alpha value is -1.72. The molecular formula is C9H14N2O4. The van der Waals surface area contributed by atoms with Crippen LogP contribution >= 0.6 is 0 Å². The van der Waals surface area contributed by atoms with Crippen LogP contribution in [0.5, 0.6) is 0 Å². The van der Waals surface area contributed by atoms with E-state index in [9.17, 15) is 9.59 Å². The molecule has 0 saturated carbocycles. The Bertz CT molecular complexity index is 277. The summed E-state index contributed by atoms with van der Waals surface area (Å²) in [5.74, 6) is -2.08. The van der Waals surface area contributed by atoms with Crippen LogP contribution in [0.25, 0.3) is 0 Å².